The minimum absolute atomic E-state index is 0.131. The molecular weight excluding hydrogens is 445 g/mol. The van der Waals surface area contributed by atoms with E-state index in [1.807, 2.05) is 24.3 Å². The minimum atomic E-state index is -4.42. The third-order valence-corrected chi connectivity index (χ3v) is 4.14. The van der Waals surface area contributed by atoms with Gasteiger partial charge in [0, 0.05) is 15.7 Å². The standard InChI is InChI=1S/C17H12BrF3N4OS/c18-12-5-1-3-10(7-12)15-24-14(26-25-15)9-22-16(27)23-13-6-2-4-11(8-13)17(19,20)21/h1-8H,9H2,(H2,22,23,27). The molecule has 3 rings (SSSR count). The van der Waals surface area contributed by atoms with Crippen molar-refractivity contribution in [3.05, 3.63) is 64.5 Å². The molecule has 0 aliphatic heterocycles. The van der Waals surface area contributed by atoms with Crippen LogP contribution in [-0.4, -0.2) is 15.3 Å². The highest BCUT2D eigenvalue weighted by Crippen LogP contribution is 2.30. The van der Waals surface area contributed by atoms with Gasteiger partial charge in [0.25, 0.3) is 0 Å². The van der Waals surface area contributed by atoms with Crippen molar-refractivity contribution >= 4 is 38.9 Å². The number of aromatic nitrogens is 2. The molecule has 10 heteroatoms. The predicted octanol–water partition coefficient (Wildman–Crippen LogP) is 5.00. The molecular formula is C17H12BrF3N4OS. The van der Waals surface area contributed by atoms with Crippen molar-refractivity contribution in [1.29, 1.82) is 0 Å². The smallest absolute Gasteiger partial charge is 0.353 e. The highest BCUT2D eigenvalue weighted by atomic mass is 79.9. The highest BCUT2D eigenvalue weighted by Gasteiger charge is 2.30. The van der Waals surface area contributed by atoms with E-state index >= 15 is 0 Å². The van der Waals surface area contributed by atoms with Gasteiger partial charge in [-0.05, 0) is 42.5 Å². The van der Waals surface area contributed by atoms with Gasteiger partial charge in [-0.15, -0.1) is 0 Å². The normalized spacial score (nSPS) is 11.3. The molecule has 2 aromatic carbocycles. The van der Waals surface area contributed by atoms with Crippen molar-refractivity contribution in [1.82, 2.24) is 15.5 Å². The van der Waals surface area contributed by atoms with Gasteiger partial charge in [0.2, 0.25) is 11.7 Å². The lowest BCUT2D eigenvalue weighted by Crippen LogP contribution is -2.28. The zero-order valence-corrected chi connectivity index (χ0v) is 16.0. The molecule has 0 atom stereocenters. The predicted molar refractivity (Wildman–Crippen MR) is 102 cm³/mol. The second-order valence-corrected chi connectivity index (χ2v) is 6.73. The van der Waals surface area contributed by atoms with Crippen molar-refractivity contribution in [2.24, 2.45) is 0 Å². The first-order chi connectivity index (χ1) is 12.8. The number of thiocarbonyl (C=S) groups is 1. The average Bonchev–Trinajstić information content (AvgIpc) is 3.09. The molecule has 0 fully saturated rings. The van der Waals surface area contributed by atoms with Crippen LogP contribution in [0, 0.1) is 0 Å². The fourth-order valence-electron chi connectivity index (χ4n) is 2.18. The fourth-order valence-corrected chi connectivity index (χ4v) is 2.77. The number of hydrogen-bond donors (Lipinski definition) is 2. The van der Waals surface area contributed by atoms with Crippen LogP contribution in [0.4, 0.5) is 18.9 Å². The maximum Gasteiger partial charge on any atom is 0.416 e. The van der Waals surface area contributed by atoms with Crippen LogP contribution in [0.1, 0.15) is 11.5 Å². The van der Waals surface area contributed by atoms with Gasteiger partial charge >= 0.3 is 6.18 Å². The topological polar surface area (TPSA) is 63.0 Å². The van der Waals surface area contributed by atoms with Gasteiger partial charge in [0.1, 0.15) is 0 Å². The van der Waals surface area contributed by atoms with E-state index in [2.05, 4.69) is 36.7 Å². The molecule has 0 bridgehead atoms. The first-order valence-electron chi connectivity index (χ1n) is 7.62. The lowest BCUT2D eigenvalue weighted by Gasteiger charge is -2.11. The van der Waals surface area contributed by atoms with Crippen LogP contribution in [-0.2, 0) is 12.7 Å². The van der Waals surface area contributed by atoms with Gasteiger partial charge in [-0.1, -0.05) is 39.3 Å². The maximum absolute atomic E-state index is 12.7. The molecule has 140 valence electrons. The van der Waals surface area contributed by atoms with Crippen LogP contribution in [0.15, 0.2) is 57.5 Å². The summed E-state index contributed by atoms with van der Waals surface area (Å²) in [4.78, 5) is 4.25. The Kier molecular flexibility index (Phi) is 5.76. The second-order valence-electron chi connectivity index (χ2n) is 5.41. The highest BCUT2D eigenvalue weighted by molar-refractivity contribution is 9.10. The van der Waals surface area contributed by atoms with Gasteiger partial charge in [0.05, 0.1) is 12.1 Å². The molecule has 27 heavy (non-hydrogen) atoms. The number of nitrogens with one attached hydrogen (secondary N) is 2. The molecule has 0 saturated carbocycles. The lowest BCUT2D eigenvalue weighted by atomic mass is 10.2. The van der Waals surface area contributed by atoms with E-state index in [0.717, 1.165) is 22.2 Å². The van der Waals surface area contributed by atoms with Crippen LogP contribution < -0.4 is 10.6 Å². The number of anilines is 1. The number of hydrogen-bond acceptors (Lipinski definition) is 4. The molecule has 0 aliphatic carbocycles. The number of rotatable bonds is 4. The van der Waals surface area contributed by atoms with Gasteiger partial charge in [0.15, 0.2) is 5.11 Å². The molecule has 0 amide bonds. The summed E-state index contributed by atoms with van der Waals surface area (Å²) in [6.07, 6.45) is -4.42. The maximum atomic E-state index is 12.7. The summed E-state index contributed by atoms with van der Waals surface area (Å²) in [6, 6.07) is 12.2. The first kappa shape index (κ1) is 19.3. The number of halogens is 4. The van der Waals surface area contributed by atoms with E-state index in [-0.39, 0.29) is 23.2 Å². The third kappa shape index (κ3) is 5.27. The summed E-state index contributed by atoms with van der Waals surface area (Å²) in [6.45, 7) is 0.131. The summed E-state index contributed by atoms with van der Waals surface area (Å²) in [5.41, 5.74) is 0.248. The molecule has 1 heterocycles. The zero-order chi connectivity index (χ0) is 19.4. The molecule has 0 saturated heterocycles. The summed E-state index contributed by atoms with van der Waals surface area (Å²) in [5, 5.41) is 9.54. The Morgan fingerprint density at radius 1 is 1.15 bits per heavy atom. The first-order valence-corrected chi connectivity index (χ1v) is 8.82. The zero-order valence-electron chi connectivity index (χ0n) is 13.5. The number of nitrogens with zero attached hydrogens (tertiary/aromatic N) is 2. The summed E-state index contributed by atoms with van der Waals surface area (Å²) in [7, 11) is 0. The Bertz CT molecular complexity index is 961. The fraction of sp³-hybridized carbons (Fsp3) is 0.118. The average molecular weight is 457 g/mol. The molecule has 0 aliphatic rings. The van der Waals surface area contributed by atoms with E-state index < -0.39 is 11.7 Å². The van der Waals surface area contributed by atoms with E-state index in [1.54, 1.807) is 0 Å². The Hall–Kier alpha value is -2.46. The number of alkyl halides is 3. The van der Waals surface area contributed by atoms with Crippen LogP contribution in [0.25, 0.3) is 11.4 Å². The van der Waals surface area contributed by atoms with E-state index in [4.69, 9.17) is 16.7 Å². The van der Waals surface area contributed by atoms with Crippen molar-refractivity contribution in [3.8, 4) is 11.4 Å². The molecule has 1 aromatic heterocycles. The second kappa shape index (κ2) is 8.05. The lowest BCUT2D eigenvalue weighted by molar-refractivity contribution is -0.137. The SMILES string of the molecule is FC(F)(F)c1cccc(NC(=S)NCc2nc(-c3cccc(Br)c3)no2)c1. The summed E-state index contributed by atoms with van der Waals surface area (Å²) >= 11 is 8.46. The van der Waals surface area contributed by atoms with E-state index in [1.165, 1.54) is 12.1 Å². The molecule has 5 nitrogen and oxygen atoms in total. The number of benzene rings is 2. The van der Waals surface area contributed by atoms with Crippen LogP contribution in [0.2, 0.25) is 0 Å². The summed E-state index contributed by atoms with van der Waals surface area (Å²) < 4.78 is 44.2. The molecule has 3 aromatic rings. The molecule has 2 N–H and O–H groups in total. The Morgan fingerprint density at radius 2 is 1.93 bits per heavy atom. The Balaban J connectivity index is 1.59. The third-order valence-electron chi connectivity index (χ3n) is 3.40. The summed E-state index contributed by atoms with van der Waals surface area (Å²) in [5.74, 6) is 0.711. The molecule has 0 unspecified atom stereocenters. The largest absolute Gasteiger partial charge is 0.416 e. The van der Waals surface area contributed by atoms with Crippen molar-refractivity contribution in [2.45, 2.75) is 12.7 Å². The van der Waals surface area contributed by atoms with Gasteiger partial charge in [-0.2, -0.15) is 18.2 Å². The Morgan fingerprint density at radius 3 is 2.67 bits per heavy atom. The quantitative estimate of drug-likeness (QED) is 0.538. The van der Waals surface area contributed by atoms with Gasteiger partial charge in [-0.3, -0.25) is 0 Å². The Labute approximate surface area is 166 Å². The molecule has 0 spiro atoms. The van der Waals surface area contributed by atoms with E-state index in [0.29, 0.717) is 5.82 Å². The molecule has 0 radical (unpaired) electrons. The van der Waals surface area contributed by atoms with Gasteiger partial charge < -0.3 is 15.2 Å². The van der Waals surface area contributed by atoms with Crippen molar-refractivity contribution < 1.29 is 17.7 Å². The van der Waals surface area contributed by atoms with Crippen LogP contribution >= 0.6 is 28.1 Å². The van der Waals surface area contributed by atoms with Crippen molar-refractivity contribution in [2.75, 3.05) is 5.32 Å². The van der Waals surface area contributed by atoms with Gasteiger partial charge in [-0.25, -0.2) is 0 Å². The monoisotopic (exact) mass is 456 g/mol. The van der Waals surface area contributed by atoms with Crippen molar-refractivity contribution in [3.63, 3.8) is 0 Å². The van der Waals surface area contributed by atoms with Crippen LogP contribution in [0.3, 0.4) is 0 Å². The van der Waals surface area contributed by atoms with E-state index in [9.17, 15) is 13.2 Å². The minimum Gasteiger partial charge on any atom is -0.353 e. The van der Waals surface area contributed by atoms with Crippen LogP contribution in [0.5, 0.6) is 0 Å².